The number of aromatic nitrogens is 3. The van der Waals surface area contributed by atoms with Gasteiger partial charge in [-0.05, 0) is 5.56 Å². The molecule has 2 N–H and O–H groups in total. The van der Waals surface area contributed by atoms with Crippen molar-refractivity contribution in [2.24, 2.45) is 4.99 Å². The van der Waals surface area contributed by atoms with E-state index in [1.54, 1.807) is 13.4 Å². The highest BCUT2D eigenvalue weighted by Gasteiger charge is 2.02. The summed E-state index contributed by atoms with van der Waals surface area (Å²) in [5.74, 6) is 1.80. The molecule has 0 saturated carbocycles. The van der Waals surface area contributed by atoms with E-state index in [1.165, 1.54) is 5.56 Å². The topological polar surface area (TPSA) is 67.1 Å². The van der Waals surface area contributed by atoms with Gasteiger partial charge in [-0.1, -0.05) is 37.3 Å². The molecule has 120 valence electrons. The van der Waals surface area contributed by atoms with Gasteiger partial charge >= 0.3 is 0 Å². The van der Waals surface area contributed by atoms with Gasteiger partial charge in [0.05, 0.1) is 0 Å². The summed E-state index contributed by atoms with van der Waals surface area (Å²) in [6.45, 7) is 4.43. The van der Waals surface area contributed by atoms with Crippen LogP contribution in [-0.4, -0.2) is 34.3 Å². The fourth-order valence-corrected chi connectivity index (χ4v) is 2.04. The van der Waals surface area contributed by atoms with Gasteiger partial charge in [-0.15, -0.1) is 34.2 Å². The minimum Gasteiger partial charge on any atom is -0.355 e. The summed E-state index contributed by atoms with van der Waals surface area (Å²) >= 11 is 0. The van der Waals surface area contributed by atoms with Gasteiger partial charge < -0.3 is 15.2 Å². The van der Waals surface area contributed by atoms with Crippen LogP contribution in [0.25, 0.3) is 0 Å². The summed E-state index contributed by atoms with van der Waals surface area (Å²) in [6, 6.07) is 10.3. The van der Waals surface area contributed by atoms with Gasteiger partial charge in [0.15, 0.2) is 5.96 Å². The molecule has 1 aromatic carbocycles. The van der Waals surface area contributed by atoms with Crippen LogP contribution < -0.4 is 10.6 Å². The highest BCUT2D eigenvalue weighted by Crippen LogP contribution is 1.97. The Morgan fingerprint density at radius 1 is 1.23 bits per heavy atom. The van der Waals surface area contributed by atoms with Gasteiger partial charge in [-0.2, -0.15) is 0 Å². The number of hydrogen-bond acceptors (Lipinski definition) is 3. The van der Waals surface area contributed by atoms with E-state index in [9.17, 15) is 0 Å². The second-order valence-corrected chi connectivity index (χ2v) is 4.63. The third kappa shape index (κ3) is 5.63. The van der Waals surface area contributed by atoms with E-state index in [-0.39, 0.29) is 24.0 Å². The summed E-state index contributed by atoms with van der Waals surface area (Å²) in [5, 5.41) is 14.6. The molecule has 0 saturated heterocycles. The number of nitrogens with one attached hydrogen (secondary N) is 2. The Morgan fingerprint density at radius 2 is 2.00 bits per heavy atom. The first-order valence-electron chi connectivity index (χ1n) is 7.18. The summed E-state index contributed by atoms with van der Waals surface area (Å²) in [6.07, 6.45) is 2.65. The van der Waals surface area contributed by atoms with Crippen molar-refractivity contribution in [3.8, 4) is 0 Å². The molecule has 0 unspecified atom stereocenters. The zero-order valence-electron chi connectivity index (χ0n) is 13.0. The summed E-state index contributed by atoms with van der Waals surface area (Å²) in [5.41, 5.74) is 1.23. The van der Waals surface area contributed by atoms with E-state index in [0.717, 1.165) is 37.8 Å². The van der Waals surface area contributed by atoms with E-state index in [2.05, 4.69) is 49.4 Å². The Labute approximate surface area is 148 Å². The Hall–Kier alpha value is -1.64. The van der Waals surface area contributed by atoms with Crippen molar-refractivity contribution in [1.82, 2.24) is 25.4 Å². The molecule has 0 spiro atoms. The maximum absolute atomic E-state index is 4.22. The number of halogens is 1. The lowest BCUT2D eigenvalue weighted by molar-refractivity contribution is 0.632. The average Bonchev–Trinajstić information content (AvgIpc) is 2.99. The van der Waals surface area contributed by atoms with Crippen LogP contribution in [0.3, 0.4) is 0 Å². The third-order valence-electron chi connectivity index (χ3n) is 3.18. The summed E-state index contributed by atoms with van der Waals surface area (Å²) in [7, 11) is 1.77. The molecule has 0 atom stereocenters. The molecule has 6 nitrogen and oxygen atoms in total. The van der Waals surface area contributed by atoms with Crippen molar-refractivity contribution in [2.45, 2.75) is 26.4 Å². The Kier molecular flexibility index (Phi) is 8.49. The van der Waals surface area contributed by atoms with Crippen LogP contribution in [0.4, 0.5) is 0 Å². The first kappa shape index (κ1) is 18.4. The van der Waals surface area contributed by atoms with Gasteiger partial charge in [-0.25, -0.2) is 0 Å². The van der Waals surface area contributed by atoms with Crippen molar-refractivity contribution >= 4 is 29.9 Å². The maximum atomic E-state index is 4.22. The van der Waals surface area contributed by atoms with Crippen molar-refractivity contribution in [3.05, 3.63) is 48.0 Å². The average molecular weight is 414 g/mol. The van der Waals surface area contributed by atoms with Gasteiger partial charge in [0.1, 0.15) is 12.2 Å². The molecule has 2 rings (SSSR count). The normalized spacial score (nSPS) is 10.9. The van der Waals surface area contributed by atoms with Crippen LogP contribution in [0.15, 0.2) is 41.7 Å². The van der Waals surface area contributed by atoms with Gasteiger partial charge in [0, 0.05) is 33.1 Å². The first-order chi connectivity index (χ1) is 10.3. The smallest absolute Gasteiger partial charge is 0.191 e. The monoisotopic (exact) mass is 414 g/mol. The van der Waals surface area contributed by atoms with Crippen LogP contribution in [0, 0.1) is 0 Å². The Bertz CT molecular complexity index is 566. The predicted molar refractivity (Wildman–Crippen MR) is 99.5 cm³/mol. The Morgan fingerprint density at radius 3 is 2.68 bits per heavy atom. The fourth-order valence-electron chi connectivity index (χ4n) is 2.04. The van der Waals surface area contributed by atoms with E-state index in [0.29, 0.717) is 0 Å². The molecule has 1 aromatic heterocycles. The minimum absolute atomic E-state index is 0. The van der Waals surface area contributed by atoms with Crippen LogP contribution >= 0.6 is 24.0 Å². The number of nitrogens with zero attached hydrogens (tertiary/aromatic N) is 4. The molecular weight excluding hydrogens is 391 g/mol. The van der Waals surface area contributed by atoms with Crippen LogP contribution in [0.1, 0.15) is 18.3 Å². The third-order valence-corrected chi connectivity index (χ3v) is 3.18. The maximum Gasteiger partial charge on any atom is 0.191 e. The van der Waals surface area contributed by atoms with Crippen molar-refractivity contribution in [3.63, 3.8) is 0 Å². The molecule has 0 aliphatic rings. The first-order valence-corrected chi connectivity index (χ1v) is 7.18. The lowest BCUT2D eigenvalue weighted by atomic mass is 10.2. The quantitative estimate of drug-likeness (QED) is 0.430. The SMILES string of the molecule is CCc1nncn1CCNC(=NC)NCc1ccccc1.I. The lowest BCUT2D eigenvalue weighted by Gasteiger charge is -2.12. The fraction of sp³-hybridized carbons (Fsp3) is 0.400. The molecular formula is C15H23IN6. The number of rotatable bonds is 6. The highest BCUT2D eigenvalue weighted by molar-refractivity contribution is 14.0. The van der Waals surface area contributed by atoms with Crippen LogP contribution in [-0.2, 0) is 19.5 Å². The van der Waals surface area contributed by atoms with Crippen molar-refractivity contribution in [2.75, 3.05) is 13.6 Å². The van der Waals surface area contributed by atoms with Gasteiger partial charge in [-0.3, -0.25) is 4.99 Å². The molecule has 0 radical (unpaired) electrons. The van der Waals surface area contributed by atoms with Crippen LogP contribution in [0.5, 0.6) is 0 Å². The molecule has 0 aliphatic heterocycles. The zero-order chi connectivity index (χ0) is 14.9. The molecule has 0 aliphatic carbocycles. The minimum atomic E-state index is 0. The largest absolute Gasteiger partial charge is 0.355 e. The molecule has 0 amide bonds. The highest BCUT2D eigenvalue weighted by atomic mass is 127. The van der Waals surface area contributed by atoms with E-state index in [1.807, 2.05) is 18.2 Å². The van der Waals surface area contributed by atoms with Crippen LogP contribution in [0.2, 0.25) is 0 Å². The lowest BCUT2D eigenvalue weighted by Crippen LogP contribution is -2.38. The number of aliphatic imine (C=N–C) groups is 1. The van der Waals surface area contributed by atoms with E-state index >= 15 is 0 Å². The van der Waals surface area contributed by atoms with Crippen molar-refractivity contribution < 1.29 is 0 Å². The van der Waals surface area contributed by atoms with Crippen molar-refractivity contribution in [1.29, 1.82) is 0 Å². The number of guanidine groups is 1. The predicted octanol–water partition coefficient (Wildman–Crippen LogP) is 1.82. The zero-order valence-corrected chi connectivity index (χ0v) is 15.3. The molecule has 0 bridgehead atoms. The van der Waals surface area contributed by atoms with Gasteiger partial charge in [0.2, 0.25) is 0 Å². The van der Waals surface area contributed by atoms with Gasteiger partial charge in [0.25, 0.3) is 0 Å². The second kappa shape index (κ2) is 10.1. The number of aryl methyl sites for hydroxylation is 1. The van der Waals surface area contributed by atoms with E-state index < -0.39 is 0 Å². The van der Waals surface area contributed by atoms with E-state index in [4.69, 9.17) is 0 Å². The summed E-state index contributed by atoms with van der Waals surface area (Å²) in [4.78, 5) is 4.22. The summed E-state index contributed by atoms with van der Waals surface area (Å²) < 4.78 is 2.05. The Balaban J connectivity index is 0.00000242. The standard InChI is InChI=1S/C15H22N6.HI/c1-3-14-20-19-12-21(14)10-9-17-15(16-2)18-11-13-7-5-4-6-8-13;/h4-8,12H,3,9-11H2,1-2H3,(H2,16,17,18);1H. The number of benzene rings is 1. The molecule has 2 aromatic rings. The molecule has 7 heteroatoms. The molecule has 1 heterocycles. The number of hydrogen-bond donors (Lipinski definition) is 2. The second-order valence-electron chi connectivity index (χ2n) is 4.63. The molecule has 0 fully saturated rings. The molecule has 22 heavy (non-hydrogen) atoms.